The third kappa shape index (κ3) is 1.31. The first-order chi connectivity index (χ1) is 3.29. The summed E-state index contributed by atoms with van der Waals surface area (Å²) in [4.78, 5) is 0. The lowest BCUT2D eigenvalue weighted by atomic mass is 10.4. The lowest BCUT2D eigenvalue weighted by Crippen LogP contribution is -1.92. The zero-order chi connectivity index (χ0) is 5.28. The van der Waals surface area contributed by atoms with Gasteiger partial charge in [-0.15, -0.1) is 0 Å². The van der Waals surface area contributed by atoms with Crippen LogP contribution in [-0.2, 0) is 4.74 Å². The van der Waals surface area contributed by atoms with Crippen molar-refractivity contribution in [2.24, 2.45) is 0 Å². The molecule has 1 fully saturated rings. The fourth-order valence-corrected chi connectivity index (χ4v) is 1.13. The first-order valence-electron chi connectivity index (χ1n) is 2.13. The molecular formula is C4H6OS2. The number of ether oxygens (including phenoxy) is 1. The number of hydrogen-bond acceptors (Lipinski definition) is 3. The molecule has 0 saturated carbocycles. The van der Waals surface area contributed by atoms with Crippen molar-refractivity contribution >= 4 is 29.9 Å². The number of hydrogen-bond donors (Lipinski definition) is 1. The van der Waals surface area contributed by atoms with Crippen molar-refractivity contribution in [3.8, 4) is 0 Å². The van der Waals surface area contributed by atoms with Gasteiger partial charge in [-0.1, -0.05) is 0 Å². The van der Waals surface area contributed by atoms with E-state index < -0.39 is 0 Å². The lowest BCUT2D eigenvalue weighted by Gasteiger charge is -1.88. The minimum atomic E-state index is 0.354. The Morgan fingerprint density at radius 1 is 1.86 bits per heavy atom. The van der Waals surface area contributed by atoms with Crippen LogP contribution in [0.4, 0.5) is 0 Å². The Kier molecular flexibility index (Phi) is 1.54. The summed E-state index contributed by atoms with van der Waals surface area (Å²) >= 11 is 8.86. The molecule has 0 radical (unpaired) electrons. The van der Waals surface area contributed by atoms with Gasteiger partial charge in [0.1, 0.15) is 6.61 Å². The molecule has 1 aliphatic rings. The largest absolute Gasteiger partial charge is 0.486 e. The van der Waals surface area contributed by atoms with E-state index in [2.05, 4.69) is 12.6 Å². The van der Waals surface area contributed by atoms with E-state index >= 15 is 0 Å². The van der Waals surface area contributed by atoms with Crippen LogP contribution in [-0.4, -0.2) is 16.9 Å². The summed E-state index contributed by atoms with van der Waals surface area (Å²) in [7, 11) is 0. The van der Waals surface area contributed by atoms with Crippen molar-refractivity contribution in [2.45, 2.75) is 11.7 Å². The maximum Gasteiger partial charge on any atom is 0.160 e. The average Bonchev–Trinajstić information content (AvgIpc) is 1.87. The van der Waals surface area contributed by atoms with Gasteiger partial charge < -0.3 is 4.74 Å². The monoisotopic (exact) mass is 134 g/mol. The third-order valence-electron chi connectivity index (χ3n) is 0.839. The highest BCUT2D eigenvalue weighted by molar-refractivity contribution is 7.82. The molecule has 0 amide bonds. The first-order valence-corrected chi connectivity index (χ1v) is 3.05. The molecule has 1 saturated heterocycles. The maximum atomic E-state index is 4.92. The Morgan fingerprint density at radius 3 is 2.71 bits per heavy atom. The standard InChI is InChI=1S/C4H6OS2/c6-3-1-4(7)5-2-3/h3,6H,1-2H2. The second-order valence-electron chi connectivity index (χ2n) is 1.54. The van der Waals surface area contributed by atoms with Crippen molar-refractivity contribution in [1.82, 2.24) is 0 Å². The summed E-state index contributed by atoms with van der Waals surface area (Å²) in [5.74, 6) is 0. The molecule has 1 unspecified atom stereocenters. The molecule has 0 bridgehead atoms. The molecular weight excluding hydrogens is 128 g/mol. The minimum Gasteiger partial charge on any atom is -0.486 e. The normalized spacial score (nSPS) is 30.4. The highest BCUT2D eigenvalue weighted by Crippen LogP contribution is 2.12. The molecule has 7 heavy (non-hydrogen) atoms. The van der Waals surface area contributed by atoms with Crippen molar-refractivity contribution in [3.63, 3.8) is 0 Å². The molecule has 0 aromatic rings. The first kappa shape index (κ1) is 5.38. The molecule has 1 nitrogen and oxygen atoms in total. The van der Waals surface area contributed by atoms with Crippen molar-refractivity contribution in [2.75, 3.05) is 6.61 Å². The van der Waals surface area contributed by atoms with E-state index in [0.717, 1.165) is 6.42 Å². The Labute approximate surface area is 53.5 Å². The van der Waals surface area contributed by atoms with E-state index in [1.807, 2.05) is 0 Å². The van der Waals surface area contributed by atoms with Crippen LogP contribution in [0.5, 0.6) is 0 Å². The Balaban J connectivity index is 2.40. The predicted octanol–water partition coefficient (Wildman–Crippen LogP) is 1.03. The van der Waals surface area contributed by atoms with Crippen LogP contribution in [0.1, 0.15) is 6.42 Å². The molecule has 0 spiro atoms. The highest BCUT2D eigenvalue weighted by atomic mass is 32.1. The van der Waals surface area contributed by atoms with E-state index in [4.69, 9.17) is 17.0 Å². The molecule has 1 rings (SSSR count). The van der Waals surface area contributed by atoms with Gasteiger partial charge in [-0.3, -0.25) is 0 Å². The molecule has 0 aromatic heterocycles. The van der Waals surface area contributed by atoms with Crippen molar-refractivity contribution in [3.05, 3.63) is 0 Å². The molecule has 0 aliphatic carbocycles. The second-order valence-corrected chi connectivity index (χ2v) is 2.73. The van der Waals surface area contributed by atoms with Gasteiger partial charge in [-0.05, 0) is 12.2 Å². The number of thiol groups is 1. The fraction of sp³-hybridized carbons (Fsp3) is 0.750. The van der Waals surface area contributed by atoms with E-state index in [1.165, 1.54) is 0 Å². The lowest BCUT2D eigenvalue weighted by molar-refractivity contribution is 0.355. The summed E-state index contributed by atoms with van der Waals surface area (Å²) in [5.41, 5.74) is 0. The van der Waals surface area contributed by atoms with Crippen LogP contribution in [0.15, 0.2) is 0 Å². The van der Waals surface area contributed by atoms with E-state index in [9.17, 15) is 0 Å². The molecule has 0 aromatic carbocycles. The van der Waals surface area contributed by atoms with Crippen molar-refractivity contribution in [1.29, 1.82) is 0 Å². The number of rotatable bonds is 0. The molecule has 0 N–H and O–H groups in total. The fourth-order valence-electron chi connectivity index (χ4n) is 0.499. The van der Waals surface area contributed by atoms with Gasteiger partial charge >= 0.3 is 0 Å². The quantitative estimate of drug-likeness (QED) is 0.391. The van der Waals surface area contributed by atoms with Crippen LogP contribution in [0, 0.1) is 0 Å². The summed E-state index contributed by atoms with van der Waals surface area (Å²) in [6.07, 6.45) is 0.846. The summed E-state index contributed by atoms with van der Waals surface area (Å²) in [6, 6.07) is 0. The summed E-state index contributed by atoms with van der Waals surface area (Å²) < 4.78 is 4.92. The molecule has 40 valence electrons. The SMILES string of the molecule is S=C1CC(S)CO1. The Morgan fingerprint density at radius 2 is 2.57 bits per heavy atom. The van der Waals surface area contributed by atoms with Crippen LogP contribution >= 0.6 is 24.8 Å². The van der Waals surface area contributed by atoms with Crippen LogP contribution < -0.4 is 0 Å². The second kappa shape index (κ2) is 2.01. The summed E-state index contributed by atoms with van der Waals surface area (Å²) in [5, 5.41) is 1.06. The molecule has 1 heterocycles. The van der Waals surface area contributed by atoms with Gasteiger partial charge in [-0.25, -0.2) is 0 Å². The van der Waals surface area contributed by atoms with E-state index in [1.54, 1.807) is 0 Å². The highest BCUT2D eigenvalue weighted by Gasteiger charge is 2.15. The van der Waals surface area contributed by atoms with Gasteiger partial charge in [0.25, 0.3) is 0 Å². The van der Waals surface area contributed by atoms with Gasteiger partial charge in [0, 0.05) is 11.7 Å². The van der Waals surface area contributed by atoms with E-state index in [-0.39, 0.29) is 0 Å². The topological polar surface area (TPSA) is 9.23 Å². The Hall–Kier alpha value is 0.240. The molecule has 3 heteroatoms. The maximum absolute atomic E-state index is 4.92. The van der Waals surface area contributed by atoms with Crippen LogP contribution in [0.3, 0.4) is 0 Å². The third-order valence-corrected chi connectivity index (χ3v) is 1.46. The van der Waals surface area contributed by atoms with Crippen LogP contribution in [0.2, 0.25) is 0 Å². The van der Waals surface area contributed by atoms with Gasteiger partial charge in [0.05, 0.1) is 0 Å². The van der Waals surface area contributed by atoms with E-state index in [0.29, 0.717) is 16.9 Å². The van der Waals surface area contributed by atoms with Crippen molar-refractivity contribution < 1.29 is 4.74 Å². The van der Waals surface area contributed by atoms with Crippen LogP contribution in [0.25, 0.3) is 0 Å². The molecule has 1 aliphatic heterocycles. The summed E-state index contributed by atoms with van der Waals surface area (Å²) in [6.45, 7) is 0.696. The van der Waals surface area contributed by atoms with Gasteiger partial charge in [0.15, 0.2) is 5.05 Å². The smallest absolute Gasteiger partial charge is 0.160 e. The van der Waals surface area contributed by atoms with Gasteiger partial charge in [0.2, 0.25) is 0 Å². The zero-order valence-corrected chi connectivity index (χ0v) is 5.47. The minimum absolute atomic E-state index is 0.354. The average molecular weight is 134 g/mol. The molecule has 1 atom stereocenters. The Bertz CT molecular complexity index is 91.7. The zero-order valence-electron chi connectivity index (χ0n) is 3.76. The van der Waals surface area contributed by atoms with Gasteiger partial charge in [-0.2, -0.15) is 12.6 Å². The predicted molar refractivity (Wildman–Crippen MR) is 35.9 cm³/mol. The number of thiocarbonyl (C=S) groups is 1.